The molecule has 0 atom stereocenters. The van der Waals surface area contributed by atoms with Crippen molar-refractivity contribution in [3.63, 3.8) is 0 Å². The molecular weight excluding hydrogens is 219 g/mol. The zero-order valence-electron chi connectivity index (χ0n) is 6.87. The number of nitrogens with zero attached hydrogens (tertiary/aromatic N) is 1. The van der Waals surface area contributed by atoms with Crippen LogP contribution < -0.4 is 0 Å². The second-order valence-electron chi connectivity index (χ2n) is 2.43. The number of isocyanates is 1. The Morgan fingerprint density at radius 3 is 2.29 bits per heavy atom. The van der Waals surface area contributed by atoms with Crippen LogP contribution in [0.3, 0.4) is 0 Å². The van der Waals surface area contributed by atoms with E-state index in [1.54, 1.807) is 0 Å². The Labute approximate surface area is 82.0 Å². The first-order valence-corrected chi connectivity index (χ1v) is 3.79. The van der Waals surface area contributed by atoms with Crippen molar-refractivity contribution in [1.29, 1.82) is 0 Å². The van der Waals surface area contributed by atoms with Crippen LogP contribution >= 0.6 is 11.6 Å². The summed E-state index contributed by atoms with van der Waals surface area (Å²) in [5, 5.41) is -0.662. The van der Waals surface area contributed by atoms with E-state index in [2.05, 4.69) is 4.99 Å². The van der Waals surface area contributed by atoms with Crippen LogP contribution in [-0.4, -0.2) is 6.08 Å². The summed E-state index contributed by atoms with van der Waals surface area (Å²) >= 11 is 5.27. The van der Waals surface area contributed by atoms with E-state index in [9.17, 15) is 18.0 Å². The molecule has 14 heavy (non-hydrogen) atoms. The molecule has 0 unspecified atom stereocenters. The van der Waals surface area contributed by atoms with Gasteiger partial charge in [0, 0.05) is 5.56 Å². The van der Waals surface area contributed by atoms with Crippen molar-refractivity contribution in [2.24, 2.45) is 4.99 Å². The van der Waals surface area contributed by atoms with Crippen LogP contribution in [-0.2, 0) is 4.79 Å². The van der Waals surface area contributed by atoms with Crippen LogP contribution in [0, 0.1) is 24.4 Å². The zero-order chi connectivity index (χ0) is 10.9. The minimum Gasteiger partial charge on any atom is -0.211 e. The molecule has 0 spiro atoms. The maximum Gasteiger partial charge on any atom is 0.240 e. The monoisotopic (exact) mass is 221 g/mol. The smallest absolute Gasteiger partial charge is 0.211 e. The molecule has 74 valence electrons. The van der Waals surface area contributed by atoms with Gasteiger partial charge in [-0.15, -0.1) is 0 Å². The summed E-state index contributed by atoms with van der Waals surface area (Å²) in [6.45, 7) is 1.14. The van der Waals surface area contributed by atoms with Gasteiger partial charge in [0.25, 0.3) is 0 Å². The van der Waals surface area contributed by atoms with Crippen LogP contribution in [0.15, 0.2) is 4.99 Å². The van der Waals surface area contributed by atoms with Crippen molar-refractivity contribution in [2.75, 3.05) is 0 Å². The maximum atomic E-state index is 13.1. The fourth-order valence-corrected chi connectivity index (χ4v) is 1.04. The van der Waals surface area contributed by atoms with Crippen molar-refractivity contribution in [1.82, 2.24) is 0 Å². The standard InChI is InChI=1S/C8H3ClF3NO/c1-3-4(9)6(11)7(12)8(5(3)10)13-2-14/h1H3. The fourth-order valence-electron chi connectivity index (χ4n) is 0.879. The van der Waals surface area contributed by atoms with Gasteiger partial charge in [-0.05, 0) is 6.92 Å². The van der Waals surface area contributed by atoms with Crippen molar-refractivity contribution in [3.8, 4) is 0 Å². The predicted octanol–water partition coefficient (Wildman–Crippen LogP) is 3.03. The molecule has 0 N–H and O–H groups in total. The van der Waals surface area contributed by atoms with Crippen LogP contribution in [0.5, 0.6) is 0 Å². The summed E-state index contributed by atoms with van der Waals surface area (Å²) in [5.74, 6) is -4.20. The number of hydrogen-bond acceptors (Lipinski definition) is 2. The number of hydrogen-bond donors (Lipinski definition) is 0. The van der Waals surface area contributed by atoms with E-state index in [0.717, 1.165) is 13.0 Å². The molecule has 2 nitrogen and oxygen atoms in total. The second-order valence-corrected chi connectivity index (χ2v) is 2.81. The minimum atomic E-state index is -1.60. The van der Waals surface area contributed by atoms with Gasteiger partial charge < -0.3 is 0 Å². The summed E-state index contributed by atoms with van der Waals surface area (Å²) < 4.78 is 38.9. The second kappa shape index (κ2) is 3.82. The van der Waals surface area contributed by atoms with Gasteiger partial charge in [0.1, 0.15) is 0 Å². The first-order valence-electron chi connectivity index (χ1n) is 3.41. The third-order valence-electron chi connectivity index (χ3n) is 1.62. The first kappa shape index (κ1) is 10.8. The number of benzene rings is 1. The van der Waals surface area contributed by atoms with Crippen molar-refractivity contribution in [3.05, 3.63) is 28.0 Å². The maximum absolute atomic E-state index is 13.1. The lowest BCUT2D eigenvalue weighted by molar-refractivity contribution is 0.495. The molecule has 0 amide bonds. The van der Waals surface area contributed by atoms with Gasteiger partial charge in [0.2, 0.25) is 6.08 Å². The van der Waals surface area contributed by atoms with Gasteiger partial charge >= 0.3 is 0 Å². The molecule has 0 saturated carbocycles. The van der Waals surface area contributed by atoms with E-state index >= 15 is 0 Å². The highest BCUT2D eigenvalue weighted by atomic mass is 35.5. The van der Waals surface area contributed by atoms with E-state index in [4.69, 9.17) is 11.6 Å². The summed E-state index contributed by atoms with van der Waals surface area (Å²) in [5.41, 5.74) is -1.32. The number of rotatable bonds is 1. The Kier molecular flexibility index (Phi) is 2.93. The summed E-state index contributed by atoms with van der Waals surface area (Å²) in [4.78, 5) is 12.5. The molecule has 1 aromatic carbocycles. The SMILES string of the molecule is Cc1c(F)c(N=C=O)c(F)c(F)c1Cl. The number of halogens is 4. The van der Waals surface area contributed by atoms with Crippen molar-refractivity contribution in [2.45, 2.75) is 6.92 Å². The van der Waals surface area contributed by atoms with Gasteiger partial charge in [0.05, 0.1) is 5.02 Å². The lowest BCUT2D eigenvalue weighted by Crippen LogP contribution is -1.95. The molecule has 0 aromatic heterocycles. The van der Waals surface area contributed by atoms with E-state index in [-0.39, 0.29) is 5.56 Å². The van der Waals surface area contributed by atoms with Gasteiger partial charge in [-0.3, -0.25) is 0 Å². The lowest BCUT2D eigenvalue weighted by Gasteiger charge is -2.05. The molecule has 6 heteroatoms. The topological polar surface area (TPSA) is 29.4 Å². The Balaban J connectivity index is 3.67. The summed E-state index contributed by atoms with van der Waals surface area (Å²) in [6, 6.07) is 0. The Morgan fingerprint density at radius 2 is 1.79 bits per heavy atom. The molecule has 0 heterocycles. The zero-order valence-corrected chi connectivity index (χ0v) is 7.62. The normalized spacial score (nSPS) is 9.79. The lowest BCUT2D eigenvalue weighted by atomic mass is 10.2. The van der Waals surface area contributed by atoms with Crippen LogP contribution in [0.25, 0.3) is 0 Å². The van der Waals surface area contributed by atoms with Crippen LogP contribution in [0.2, 0.25) is 5.02 Å². The molecule has 1 rings (SSSR count). The highest BCUT2D eigenvalue weighted by Crippen LogP contribution is 2.32. The predicted molar refractivity (Wildman–Crippen MR) is 43.8 cm³/mol. The van der Waals surface area contributed by atoms with Gasteiger partial charge in [-0.2, -0.15) is 4.99 Å². The molecule has 0 aliphatic heterocycles. The largest absolute Gasteiger partial charge is 0.240 e. The van der Waals surface area contributed by atoms with E-state index in [1.807, 2.05) is 0 Å². The van der Waals surface area contributed by atoms with E-state index < -0.39 is 28.2 Å². The molecule has 0 fully saturated rings. The average molecular weight is 222 g/mol. The van der Waals surface area contributed by atoms with Gasteiger partial charge in [-0.1, -0.05) is 11.6 Å². The molecule has 0 bridgehead atoms. The first-order chi connectivity index (χ1) is 6.50. The molecule has 0 aliphatic carbocycles. The van der Waals surface area contributed by atoms with E-state index in [1.165, 1.54) is 0 Å². The van der Waals surface area contributed by atoms with Crippen molar-refractivity contribution < 1.29 is 18.0 Å². The molecule has 0 saturated heterocycles. The average Bonchev–Trinajstić information content (AvgIpc) is 2.19. The number of aliphatic imine (C=N–C) groups is 1. The van der Waals surface area contributed by atoms with E-state index in [0.29, 0.717) is 0 Å². The molecule has 1 aromatic rings. The Morgan fingerprint density at radius 1 is 1.21 bits per heavy atom. The minimum absolute atomic E-state index is 0.306. The molecular formula is C8H3ClF3NO. The van der Waals surface area contributed by atoms with Crippen molar-refractivity contribution >= 4 is 23.4 Å². The van der Waals surface area contributed by atoms with Crippen LogP contribution in [0.4, 0.5) is 18.9 Å². The molecule has 0 aliphatic rings. The Bertz CT molecular complexity index is 412. The van der Waals surface area contributed by atoms with Gasteiger partial charge in [-0.25, -0.2) is 18.0 Å². The summed E-state index contributed by atoms with van der Waals surface area (Å²) in [7, 11) is 0. The third-order valence-corrected chi connectivity index (χ3v) is 2.07. The quantitative estimate of drug-likeness (QED) is 0.310. The highest BCUT2D eigenvalue weighted by molar-refractivity contribution is 6.31. The Hall–Kier alpha value is -1.32. The third kappa shape index (κ3) is 1.52. The fraction of sp³-hybridized carbons (Fsp3) is 0.125. The molecule has 0 radical (unpaired) electrons. The summed E-state index contributed by atoms with van der Waals surface area (Å²) in [6.07, 6.45) is 0.925. The van der Waals surface area contributed by atoms with Gasteiger partial charge in [0.15, 0.2) is 23.1 Å². The number of carbonyl (C=O) groups excluding carboxylic acids is 1. The van der Waals surface area contributed by atoms with Crippen LogP contribution in [0.1, 0.15) is 5.56 Å². The highest BCUT2D eigenvalue weighted by Gasteiger charge is 2.21.